The van der Waals surface area contributed by atoms with Crippen LogP contribution in [0.15, 0.2) is 42.6 Å². The molecule has 3 nitrogen and oxygen atoms in total. The van der Waals surface area contributed by atoms with E-state index >= 15 is 4.39 Å². The molecule has 36 heavy (non-hydrogen) atoms. The average molecular weight is 533 g/mol. The van der Waals surface area contributed by atoms with Crippen molar-refractivity contribution in [1.82, 2.24) is 9.29 Å². The predicted molar refractivity (Wildman–Crippen MR) is 132 cm³/mol. The summed E-state index contributed by atoms with van der Waals surface area (Å²) in [7, 11) is 0. The molecule has 0 unspecified atom stereocenters. The van der Waals surface area contributed by atoms with Crippen molar-refractivity contribution in [2.24, 2.45) is 5.41 Å². The lowest BCUT2D eigenvalue weighted by Gasteiger charge is -2.27. The summed E-state index contributed by atoms with van der Waals surface area (Å²) in [5, 5.41) is 0.119. The maximum absolute atomic E-state index is 16.0. The molecule has 3 rings (SSSR count). The van der Waals surface area contributed by atoms with Crippen molar-refractivity contribution in [2.75, 3.05) is 0 Å². The van der Waals surface area contributed by atoms with Crippen LogP contribution in [-0.2, 0) is 24.1 Å². The van der Waals surface area contributed by atoms with Crippen molar-refractivity contribution in [3.63, 3.8) is 0 Å². The van der Waals surface area contributed by atoms with Gasteiger partial charge in [0.15, 0.2) is 5.82 Å². The number of aromatic nitrogens is 1. The molecule has 1 heterocycles. The molecule has 0 amide bonds. The predicted octanol–water partition coefficient (Wildman–Crippen LogP) is 7.87. The maximum Gasteiger partial charge on any atom is 0.417 e. The lowest BCUT2D eigenvalue weighted by atomic mass is 9.95. The van der Waals surface area contributed by atoms with E-state index in [1.807, 2.05) is 20.8 Å². The molecule has 1 N–H and O–H groups in total. The normalized spacial score (nSPS) is 15.1. The average Bonchev–Trinajstić information content (AvgIpc) is 3.07. The van der Waals surface area contributed by atoms with Crippen LogP contribution in [0.1, 0.15) is 58.7 Å². The third-order valence-electron chi connectivity index (χ3n) is 5.55. The second-order valence-corrected chi connectivity index (χ2v) is 12.9. The van der Waals surface area contributed by atoms with Crippen molar-refractivity contribution in [2.45, 2.75) is 71.5 Å². The van der Waals surface area contributed by atoms with Crippen molar-refractivity contribution < 1.29 is 30.9 Å². The van der Waals surface area contributed by atoms with E-state index in [2.05, 4.69) is 4.72 Å². The van der Waals surface area contributed by atoms with E-state index in [4.69, 9.17) is 0 Å². The smallest absolute Gasteiger partial charge is 0.417 e. The minimum absolute atomic E-state index is 0.0245. The number of benzene rings is 2. The maximum atomic E-state index is 16.0. The highest BCUT2D eigenvalue weighted by atomic mass is 32.2. The first-order chi connectivity index (χ1) is 16.4. The third kappa shape index (κ3) is 6.03. The largest absolute Gasteiger partial charge is 0.598 e. The summed E-state index contributed by atoms with van der Waals surface area (Å²) in [5.74, 6) is -0.940. The molecule has 1 aromatic heterocycles. The van der Waals surface area contributed by atoms with Crippen molar-refractivity contribution >= 4 is 22.3 Å². The summed E-state index contributed by atoms with van der Waals surface area (Å²) in [6.45, 7) is 10.7. The quantitative estimate of drug-likeness (QED) is 0.259. The summed E-state index contributed by atoms with van der Waals surface area (Å²) in [4.78, 5) is 0. The molecule has 198 valence electrons. The van der Waals surface area contributed by atoms with Gasteiger partial charge >= 0.3 is 6.18 Å². The molecule has 0 radical (unpaired) electrons. The number of rotatable bonds is 6. The van der Waals surface area contributed by atoms with Gasteiger partial charge in [-0.3, -0.25) is 0 Å². The Hall–Kier alpha value is -2.17. The number of hydrogen-bond donors (Lipinski definition) is 1. The monoisotopic (exact) mass is 532 g/mol. The fraction of sp³-hybridized carbons (Fsp3) is 0.462. The third-order valence-corrected chi connectivity index (χ3v) is 7.13. The first-order valence-electron chi connectivity index (χ1n) is 11.4. The fourth-order valence-electron chi connectivity index (χ4n) is 3.98. The van der Waals surface area contributed by atoms with Crippen LogP contribution in [0.3, 0.4) is 0 Å². The minimum Gasteiger partial charge on any atom is -0.598 e. The van der Waals surface area contributed by atoms with E-state index in [9.17, 15) is 26.5 Å². The van der Waals surface area contributed by atoms with E-state index in [0.29, 0.717) is 0 Å². The van der Waals surface area contributed by atoms with Crippen molar-refractivity contribution in [1.29, 1.82) is 0 Å². The van der Waals surface area contributed by atoms with Crippen LogP contribution >= 0.6 is 0 Å². The van der Waals surface area contributed by atoms with E-state index in [0.717, 1.165) is 6.07 Å². The van der Waals surface area contributed by atoms with E-state index < -0.39 is 51.5 Å². The van der Waals surface area contributed by atoms with Crippen LogP contribution in [0.5, 0.6) is 0 Å². The lowest BCUT2D eigenvalue weighted by Crippen LogP contribution is -2.43. The van der Waals surface area contributed by atoms with Gasteiger partial charge in [0.1, 0.15) is 10.8 Å². The van der Waals surface area contributed by atoms with E-state index in [1.54, 1.807) is 20.8 Å². The Morgan fingerprint density at radius 2 is 1.56 bits per heavy atom. The van der Waals surface area contributed by atoms with Crippen LogP contribution in [0.25, 0.3) is 22.0 Å². The molecule has 0 bridgehead atoms. The Morgan fingerprint density at radius 3 is 2.08 bits per heavy atom. The van der Waals surface area contributed by atoms with Gasteiger partial charge in [-0.1, -0.05) is 51.1 Å². The first kappa shape index (κ1) is 28.4. The number of fused-ring (bicyclic) bond motifs is 1. The Balaban J connectivity index is 2.29. The SMILES string of the molecule is CC(C)(C)Cn1cc([C@H](N[S@@+]([O-])C(C)(C)C)C(F)F)c2ccc(-c3ccccc3C(F)(F)F)c(F)c21. The summed E-state index contributed by atoms with van der Waals surface area (Å²) >= 11 is -1.85. The lowest BCUT2D eigenvalue weighted by molar-refractivity contribution is -0.137. The Kier molecular flexibility index (Phi) is 7.85. The molecule has 0 saturated heterocycles. The molecule has 0 aliphatic heterocycles. The highest BCUT2D eigenvalue weighted by Gasteiger charge is 2.37. The van der Waals surface area contributed by atoms with Gasteiger partial charge in [-0.05, 0) is 37.8 Å². The standard InChI is InChI=1S/C26H30F6N2OS/c1-24(2,3)14-34-13-18(21(23(28)29)33-36(35)25(4,5)6)17-12-11-16(20(27)22(17)34)15-9-7-8-10-19(15)26(30,31)32/h7-13,21,23,33H,14H2,1-6H3/t21-,36-/m0/s1. The van der Waals surface area contributed by atoms with E-state index in [1.165, 1.54) is 41.1 Å². The molecular formula is C26H30F6N2OS. The van der Waals surface area contributed by atoms with Gasteiger partial charge in [-0.2, -0.15) is 13.2 Å². The van der Waals surface area contributed by atoms with Crippen LogP contribution < -0.4 is 4.72 Å². The van der Waals surface area contributed by atoms with Gasteiger partial charge in [0.2, 0.25) is 0 Å². The summed E-state index contributed by atoms with van der Waals surface area (Å²) in [6, 6.07) is 5.51. The number of hydrogen-bond acceptors (Lipinski definition) is 2. The first-order valence-corrected chi connectivity index (χ1v) is 12.5. The molecule has 0 aliphatic carbocycles. The molecular weight excluding hydrogens is 502 g/mol. The molecule has 10 heteroatoms. The summed E-state index contributed by atoms with van der Waals surface area (Å²) in [6.07, 6.45) is -6.31. The second-order valence-electron chi connectivity index (χ2n) is 11.0. The van der Waals surface area contributed by atoms with Crippen LogP contribution in [0, 0.1) is 11.2 Å². The number of nitrogens with one attached hydrogen (secondary N) is 1. The molecule has 0 saturated carbocycles. The number of nitrogens with zero attached hydrogens (tertiary/aromatic N) is 1. The number of halogens is 6. The Labute approximate surface area is 210 Å². The molecule has 0 spiro atoms. The van der Waals surface area contributed by atoms with Gasteiger partial charge in [0, 0.05) is 40.6 Å². The highest BCUT2D eigenvalue weighted by molar-refractivity contribution is 7.90. The molecule has 3 aromatic rings. The Bertz CT molecular complexity index is 1220. The summed E-state index contributed by atoms with van der Waals surface area (Å²) in [5.41, 5.74) is -2.08. The van der Waals surface area contributed by atoms with E-state index in [-0.39, 0.29) is 34.1 Å². The zero-order valence-electron chi connectivity index (χ0n) is 20.9. The molecule has 2 atom stereocenters. The highest BCUT2D eigenvalue weighted by Crippen LogP contribution is 2.41. The van der Waals surface area contributed by atoms with Gasteiger partial charge in [-0.25, -0.2) is 13.2 Å². The summed E-state index contributed by atoms with van der Waals surface area (Å²) < 4.78 is 101. The topological polar surface area (TPSA) is 40.0 Å². The van der Waals surface area contributed by atoms with Gasteiger partial charge in [-0.15, -0.1) is 4.72 Å². The Morgan fingerprint density at radius 1 is 0.944 bits per heavy atom. The molecule has 2 aromatic carbocycles. The zero-order valence-corrected chi connectivity index (χ0v) is 21.8. The molecule has 0 aliphatic rings. The second kappa shape index (κ2) is 9.95. The molecule has 0 fully saturated rings. The van der Waals surface area contributed by atoms with Gasteiger partial charge < -0.3 is 9.12 Å². The van der Waals surface area contributed by atoms with Crippen molar-refractivity contribution in [3.8, 4) is 11.1 Å². The zero-order chi connectivity index (χ0) is 27.2. The van der Waals surface area contributed by atoms with Crippen LogP contribution in [0.2, 0.25) is 0 Å². The number of alkyl halides is 5. The minimum atomic E-state index is -4.71. The fourth-order valence-corrected chi connectivity index (χ4v) is 4.79. The van der Waals surface area contributed by atoms with Crippen LogP contribution in [-0.4, -0.2) is 20.3 Å². The van der Waals surface area contributed by atoms with Crippen molar-refractivity contribution in [3.05, 3.63) is 59.5 Å². The van der Waals surface area contributed by atoms with Gasteiger partial charge in [0.05, 0.1) is 11.1 Å². The van der Waals surface area contributed by atoms with Crippen LogP contribution in [0.4, 0.5) is 26.3 Å². The van der Waals surface area contributed by atoms with Gasteiger partial charge in [0.25, 0.3) is 6.43 Å².